The van der Waals surface area contributed by atoms with Gasteiger partial charge in [-0.3, -0.25) is 0 Å². The fourth-order valence-electron chi connectivity index (χ4n) is 11.0. The Morgan fingerprint density at radius 3 is 1.37 bits per heavy atom. The molecule has 0 aliphatic carbocycles. The quantitative estimate of drug-likeness (QED) is 0.173. The molecule has 0 aliphatic heterocycles. The zero-order valence-corrected chi connectivity index (χ0v) is 37.9. The Hall–Kier alpha value is -8.78. The lowest BCUT2D eigenvalue weighted by molar-refractivity contribution is 1.13. The number of rotatable bonds is 5. The molecule has 6 heteroatoms. The summed E-state index contributed by atoms with van der Waals surface area (Å²) in [6.07, 6.45) is 0. The molecule has 0 unspecified atom stereocenters. The lowest BCUT2D eigenvalue weighted by Crippen LogP contribution is -2.11. The van der Waals surface area contributed by atoms with E-state index in [0.29, 0.717) is 16.7 Å². The molecule has 4 nitrogen and oxygen atoms in total. The highest BCUT2D eigenvalue weighted by Gasteiger charge is 2.33. The Morgan fingerprint density at radius 2 is 0.765 bits per heavy atom. The van der Waals surface area contributed by atoms with Crippen LogP contribution in [0.2, 0.25) is 0 Å². The number of hydrogen-bond acceptors (Lipinski definition) is 4. The molecule has 0 fully saturated rings. The van der Waals surface area contributed by atoms with Crippen LogP contribution >= 0.6 is 22.7 Å². The van der Waals surface area contributed by atoms with E-state index >= 15 is 0 Å². The van der Waals surface area contributed by atoms with Gasteiger partial charge in [0.15, 0.2) is 0 Å². The number of aromatic nitrogens is 2. The lowest BCUT2D eigenvalue weighted by atomic mass is 9.86. The molecule has 0 atom stereocenters. The molecule has 4 aromatic heterocycles. The van der Waals surface area contributed by atoms with Crippen LogP contribution in [0, 0.1) is 22.7 Å². The van der Waals surface area contributed by atoms with Gasteiger partial charge in [-0.05, 0) is 40.5 Å². The third-order valence-electron chi connectivity index (χ3n) is 13.8. The Labute approximate surface area is 398 Å². The minimum Gasteiger partial charge on any atom is -0.307 e. The highest BCUT2D eigenvalue weighted by atomic mass is 32.1. The van der Waals surface area contributed by atoms with E-state index in [1.807, 2.05) is 47.7 Å². The first kappa shape index (κ1) is 38.5. The highest BCUT2D eigenvalue weighted by molar-refractivity contribution is 7.27. The highest BCUT2D eigenvalue weighted by Crippen LogP contribution is 2.53. The number of hydrogen-bond donors (Lipinski definition) is 0. The molecular weight excluding hydrogens is 865 g/mol. The van der Waals surface area contributed by atoms with E-state index in [0.717, 1.165) is 86.5 Å². The Morgan fingerprint density at radius 1 is 0.324 bits per heavy atom. The third-order valence-corrected chi connectivity index (χ3v) is 16.3. The lowest BCUT2D eigenvalue weighted by Gasteiger charge is -2.25. The largest absolute Gasteiger partial charge is 0.307 e. The van der Waals surface area contributed by atoms with Crippen molar-refractivity contribution in [3.8, 4) is 56.9 Å². The SMILES string of the molecule is N#Cc1c(-c2ccccc2)c(C#N)c(-n2c3c(ccc4c5ccccc5sc43)c3ccc4c5cccc(-c6ccccc6)c5sc4c32)c(-c2ccccc2)c1-n1c2ccccc2c2ccccc21. The molecule has 0 amide bonds. The van der Waals surface area contributed by atoms with Crippen molar-refractivity contribution in [2.24, 2.45) is 0 Å². The van der Waals surface area contributed by atoms with Crippen molar-refractivity contribution < 1.29 is 0 Å². The monoisotopic (exact) mass is 898 g/mol. The molecule has 10 aromatic carbocycles. The molecule has 0 spiro atoms. The summed E-state index contributed by atoms with van der Waals surface area (Å²) >= 11 is 3.61. The molecule has 0 aliphatic rings. The Balaban J connectivity index is 1.29. The Kier molecular flexibility index (Phi) is 8.42. The van der Waals surface area contributed by atoms with Crippen molar-refractivity contribution in [2.75, 3.05) is 0 Å². The van der Waals surface area contributed by atoms with Crippen LogP contribution in [0.3, 0.4) is 0 Å². The van der Waals surface area contributed by atoms with Gasteiger partial charge in [-0.2, -0.15) is 10.5 Å². The van der Waals surface area contributed by atoms with E-state index in [9.17, 15) is 10.5 Å². The zero-order valence-electron chi connectivity index (χ0n) is 36.2. The number of thiophene rings is 2. The smallest absolute Gasteiger partial charge is 0.102 e. The normalized spacial score (nSPS) is 11.8. The standard InChI is InChI=1S/C62H34N4S2/c63-35-49-54(38-19-6-2-7-20-38)50(36-64)57(55(39-21-8-3-9-22-39)56(49)65-51-28-13-10-23-41(51)42-24-11-14-29-52(42)65)66-58-44(31-33-47-43-25-12-15-30-53(43)67-61(47)58)45-32-34-48-46-27-16-26-40(37-17-4-1-5-18-37)60(46)68-62(48)59(45)66/h1-34H. The minimum absolute atomic E-state index is 0.439. The first-order valence-electron chi connectivity index (χ1n) is 22.6. The molecule has 68 heavy (non-hydrogen) atoms. The van der Waals surface area contributed by atoms with Crippen molar-refractivity contribution >= 4 is 107 Å². The van der Waals surface area contributed by atoms with Crippen LogP contribution in [0.15, 0.2) is 206 Å². The van der Waals surface area contributed by atoms with Crippen LogP contribution in [0.4, 0.5) is 0 Å². The average molecular weight is 899 g/mol. The van der Waals surface area contributed by atoms with Gasteiger partial charge in [-0.25, -0.2) is 0 Å². The second-order valence-electron chi connectivity index (χ2n) is 17.3. The summed E-state index contributed by atoms with van der Waals surface area (Å²) in [5.41, 5.74) is 11.9. The fraction of sp³-hybridized carbons (Fsp3) is 0. The van der Waals surface area contributed by atoms with Gasteiger partial charge < -0.3 is 9.13 Å². The second kappa shape index (κ2) is 14.9. The first-order valence-corrected chi connectivity index (χ1v) is 24.3. The molecule has 0 saturated carbocycles. The van der Waals surface area contributed by atoms with Gasteiger partial charge in [0.05, 0.1) is 54.0 Å². The molecule has 14 rings (SSSR count). The van der Waals surface area contributed by atoms with Gasteiger partial charge in [-0.15, -0.1) is 22.7 Å². The van der Waals surface area contributed by atoms with E-state index in [1.54, 1.807) is 11.3 Å². The second-order valence-corrected chi connectivity index (χ2v) is 19.4. The van der Waals surface area contributed by atoms with Crippen LogP contribution in [0.1, 0.15) is 11.1 Å². The zero-order chi connectivity index (χ0) is 45.0. The summed E-state index contributed by atoms with van der Waals surface area (Å²) in [4.78, 5) is 0. The number of fused-ring (bicyclic) bond motifs is 14. The first-order chi connectivity index (χ1) is 33.7. The molecule has 0 N–H and O–H groups in total. The molecule has 0 saturated heterocycles. The summed E-state index contributed by atoms with van der Waals surface area (Å²) in [6.45, 7) is 0. The third kappa shape index (κ3) is 5.33. The number of benzene rings is 10. The minimum atomic E-state index is 0.439. The number of para-hydroxylation sites is 2. The topological polar surface area (TPSA) is 57.4 Å². The van der Waals surface area contributed by atoms with Crippen molar-refractivity contribution in [1.82, 2.24) is 9.13 Å². The maximum Gasteiger partial charge on any atom is 0.102 e. The van der Waals surface area contributed by atoms with E-state index in [2.05, 4.69) is 191 Å². The van der Waals surface area contributed by atoms with E-state index in [4.69, 9.17) is 0 Å². The number of nitriles is 2. The van der Waals surface area contributed by atoms with Gasteiger partial charge in [0.1, 0.15) is 12.1 Å². The molecule has 0 bridgehead atoms. The summed E-state index contributed by atoms with van der Waals surface area (Å²) in [5, 5.41) is 33.0. The molecule has 314 valence electrons. The molecule has 14 aromatic rings. The van der Waals surface area contributed by atoms with Crippen molar-refractivity contribution in [3.05, 3.63) is 217 Å². The van der Waals surface area contributed by atoms with Gasteiger partial charge in [0, 0.05) is 63.6 Å². The van der Waals surface area contributed by atoms with E-state index < -0.39 is 0 Å². The molecule has 0 radical (unpaired) electrons. The van der Waals surface area contributed by atoms with Crippen LogP contribution in [0.5, 0.6) is 0 Å². The maximum absolute atomic E-state index is 12.1. The van der Waals surface area contributed by atoms with Crippen LogP contribution in [-0.2, 0) is 0 Å². The van der Waals surface area contributed by atoms with E-state index in [1.165, 1.54) is 36.7 Å². The van der Waals surface area contributed by atoms with Gasteiger partial charge in [0.2, 0.25) is 0 Å². The van der Waals surface area contributed by atoms with Gasteiger partial charge in [-0.1, -0.05) is 188 Å². The van der Waals surface area contributed by atoms with Crippen molar-refractivity contribution in [2.45, 2.75) is 0 Å². The summed E-state index contributed by atoms with van der Waals surface area (Å²) in [6, 6.07) is 78.1. The summed E-state index contributed by atoms with van der Waals surface area (Å²) in [5.74, 6) is 0. The predicted molar refractivity (Wildman–Crippen MR) is 287 cm³/mol. The van der Waals surface area contributed by atoms with Crippen molar-refractivity contribution in [1.29, 1.82) is 10.5 Å². The average Bonchev–Trinajstić information content (AvgIpc) is 4.16. The van der Waals surface area contributed by atoms with Crippen LogP contribution in [0.25, 0.3) is 129 Å². The van der Waals surface area contributed by atoms with Crippen LogP contribution < -0.4 is 0 Å². The molecular formula is C62H34N4S2. The maximum atomic E-state index is 12.1. The van der Waals surface area contributed by atoms with Crippen molar-refractivity contribution in [3.63, 3.8) is 0 Å². The Bertz CT molecular complexity index is 4450. The van der Waals surface area contributed by atoms with Gasteiger partial charge in [0.25, 0.3) is 0 Å². The summed E-state index contributed by atoms with van der Waals surface area (Å²) in [7, 11) is 0. The molecule has 4 heterocycles. The summed E-state index contributed by atoms with van der Waals surface area (Å²) < 4.78 is 9.42. The fourth-order valence-corrected chi connectivity index (χ4v) is 13.6. The van der Waals surface area contributed by atoms with Gasteiger partial charge >= 0.3 is 0 Å². The number of nitrogens with zero attached hydrogens (tertiary/aromatic N) is 4. The predicted octanol–water partition coefficient (Wildman–Crippen LogP) is 17.4. The van der Waals surface area contributed by atoms with E-state index in [-0.39, 0.29) is 0 Å². The van der Waals surface area contributed by atoms with Crippen LogP contribution in [-0.4, -0.2) is 9.13 Å².